The van der Waals surface area contributed by atoms with E-state index >= 15 is 0 Å². The minimum atomic E-state index is -0.522. The van der Waals surface area contributed by atoms with E-state index in [2.05, 4.69) is 10.4 Å². The van der Waals surface area contributed by atoms with Crippen molar-refractivity contribution in [2.75, 3.05) is 33.4 Å². The third-order valence-corrected chi connectivity index (χ3v) is 5.45. The number of benzene rings is 1. The minimum Gasteiger partial charge on any atom is -0.444 e. The van der Waals surface area contributed by atoms with Crippen molar-refractivity contribution in [1.29, 1.82) is 0 Å². The van der Waals surface area contributed by atoms with Crippen LogP contribution in [0.25, 0.3) is 5.69 Å². The Morgan fingerprint density at radius 3 is 2.41 bits per heavy atom. The topological polar surface area (TPSA) is 85.7 Å². The highest BCUT2D eigenvalue weighted by atomic mass is 16.6. The number of hydrogen-bond acceptors (Lipinski definition) is 5. The highest BCUT2D eigenvalue weighted by Crippen LogP contribution is 2.32. The van der Waals surface area contributed by atoms with Crippen LogP contribution in [-0.4, -0.2) is 65.6 Å². The molecule has 8 nitrogen and oxygen atoms in total. The second-order valence-corrected chi connectivity index (χ2v) is 9.18. The largest absolute Gasteiger partial charge is 0.444 e. The average Bonchev–Trinajstić information content (AvgIpc) is 3.18. The van der Waals surface area contributed by atoms with Crippen molar-refractivity contribution in [3.05, 3.63) is 47.3 Å². The summed E-state index contributed by atoms with van der Waals surface area (Å²) in [6.07, 6.45) is 2.81. The predicted octanol–water partition coefficient (Wildman–Crippen LogP) is 3.67. The first-order chi connectivity index (χ1) is 15.2. The van der Waals surface area contributed by atoms with Crippen LogP contribution in [0.1, 0.15) is 61.1 Å². The van der Waals surface area contributed by atoms with E-state index in [0.29, 0.717) is 31.8 Å². The van der Waals surface area contributed by atoms with Crippen LogP contribution >= 0.6 is 0 Å². The second kappa shape index (κ2) is 10.2. The molecule has 2 amide bonds. The molecule has 1 aromatic carbocycles. The van der Waals surface area contributed by atoms with Crippen LogP contribution < -0.4 is 5.32 Å². The summed E-state index contributed by atoms with van der Waals surface area (Å²) in [5.74, 6) is -0.0642. The van der Waals surface area contributed by atoms with Crippen LogP contribution in [-0.2, 0) is 9.47 Å². The minimum absolute atomic E-state index is 0.0978. The average molecular weight is 443 g/mol. The molecule has 1 saturated heterocycles. The Kier molecular flexibility index (Phi) is 7.56. The van der Waals surface area contributed by atoms with Crippen LogP contribution in [0.4, 0.5) is 4.79 Å². The van der Waals surface area contributed by atoms with Gasteiger partial charge in [0.25, 0.3) is 5.91 Å². The number of amides is 2. The number of hydrogen-bond donors (Lipinski definition) is 1. The van der Waals surface area contributed by atoms with Crippen LogP contribution in [0.3, 0.4) is 0 Å². The Morgan fingerprint density at radius 1 is 1.16 bits per heavy atom. The summed E-state index contributed by atoms with van der Waals surface area (Å²) in [4.78, 5) is 27.1. The molecule has 0 aliphatic carbocycles. The fourth-order valence-corrected chi connectivity index (χ4v) is 3.84. The first-order valence-corrected chi connectivity index (χ1v) is 11.1. The number of piperidine rings is 1. The molecule has 0 atom stereocenters. The number of nitrogens with one attached hydrogen (secondary N) is 1. The first-order valence-electron chi connectivity index (χ1n) is 11.1. The molecular weight excluding hydrogens is 408 g/mol. The van der Waals surface area contributed by atoms with Crippen molar-refractivity contribution in [3.63, 3.8) is 0 Å². The van der Waals surface area contributed by atoms with E-state index in [0.717, 1.165) is 29.8 Å². The summed E-state index contributed by atoms with van der Waals surface area (Å²) in [5, 5.41) is 7.47. The van der Waals surface area contributed by atoms with Gasteiger partial charge >= 0.3 is 6.09 Å². The zero-order chi connectivity index (χ0) is 23.3. The van der Waals surface area contributed by atoms with Crippen LogP contribution in [0.15, 0.2) is 30.5 Å². The Labute approximate surface area is 189 Å². The molecule has 2 aromatic rings. The van der Waals surface area contributed by atoms with E-state index in [4.69, 9.17) is 9.47 Å². The molecular formula is C24H34N4O4. The van der Waals surface area contributed by atoms with E-state index in [9.17, 15) is 9.59 Å². The zero-order valence-electron chi connectivity index (χ0n) is 19.7. The molecule has 1 aliphatic rings. The van der Waals surface area contributed by atoms with Crippen molar-refractivity contribution in [3.8, 4) is 5.69 Å². The second-order valence-electron chi connectivity index (χ2n) is 9.18. The molecule has 1 aliphatic heterocycles. The maximum absolute atomic E-state index is 12.9. The number of nitrogens with zero attached hydrogens (tertiary/aromatic N) is 3. The van der Waals surface area contributed by atoms with Crippen molar-refractivity contribution in [1.82, 2.24) is 20.0 Å². The molecule has 32 heavy (non-hydrogen) atoms. The maximum atomic E-state index is 12.9. The Hall–Kier alpha value is -2.87. The van der Waals surface area contributed by atoms with Gasteiger partial charge in [0.1, 0.15) is 5.60 Å². The number of ether oxygens (including phenoxy) is 2. The summed E-state index contributed by atoms with van der Waals surface area (Å²) in [6, 6.07) is 8.08. The van der Waals surface area contributed by atoms with Gasteiger partial charge in [-0.1, -0.05) is 17.7 Å². The lowest BCUT2D eigenvalue weighted by Gasteiger charge is -2.34. The van der Waals surface area contributed by atoms with Gasteiger partial charge in [0.2, 0.25) is 0 Å². The Balaban J connectivity index is 1.83. The molecule has 8 heteroatoms. The Bertz CT molecular complexity index is 922. The third kappa shape index (κ3) is 5.88. The van der Waals surface area contributed by atoms with Crippen molar-refractivity contribution < 1.29 is 19.1 Å². The molecule has 1 fully saturated rings. The van der Waals surface area contributed by atoms with Gasteiger partial charge in [-0.05, 0) is 52.7 Å². The smallest absolute Gasteiger partial charge is 0.410 e. The lowest BCUT2D eigenvalue weighted by Crippen LogP contribution is -2.41. The third-order valence-electron chi connectivity index (χ3n) is 5.45. The van der Waals surface area contributed by atoms with Gasteiger partial charge in [-0.15, -0.1) is 0 Å². The van der Waals surface area contributed by atoms with Crippen molar-refractivity contribution >= 4 is 12.0 Å². The van der Waals surface area contributed by atoms with Gasteiger partial charge in [0.15, 0.2) is 0 Å². The molecule has 1 N–H and O–H groups in total. The van der Waals surface area contributed by atoms with Crippen molar-refractivity contribution in [2.24, 2.45) is 0 Å². The SMILES string of the molecule is COCCNC(=O)c1cnn(-c2ccc(C)cc2)c1C1CCN(C(=O)OC(C)(C)C)CC1. The van der Waals surface area contributed by atoms with E-state index in [1.165, 1.54) is 0 Å². The normalized spacial score (nSPS) is 15.0. The molecule has 0 saturated carbocycles. The molecule has 174 valence electrons. The highest BCUT2D eigenvalue weighted by Gasteiger charge is 2.32. The molecule has 0 radical (unpaired) electrons. The van der Waals surface area contributed by atoms with Crippen LogP contribution in [0.2, 0.25) is 0 Å². The van der Waals surface area contributed by atoms with E-state index < -0.39 is 5.60 Å². The number of aryl methyl sites for hydroxylation is 1. The lowest BCUT2D eigenvalue weighted by atomic mass is 9.91. The van der Waals surface area contributed by atoms with Gasteiger partial charge in [-0.25, -0.2) is 9.48 Å². The van der Waals surface area contributed by atoms with Crippen LogP contribution in [0.5, 0.6) is 0 Å². The summed E-state index contributed by atoms with van der Waals surface area (Å²) >= 11 is 0. The molecule has 3 rings (SSSR count). The Morgan fingerprint density at radius 2 is 1.81 bits per heavy atom. The summed E-state index contributed by atoms with van der Waals surface area (Å²) in [5.41, 5.74) is 3.00. The number of aromatic nitrogens is 2. The first kappa shape index (κ1) is 23.8. The monoisotopic (exact) mass is 442 g/mol. The number of rotatable bonds is 6. The summed E-state index contributed by atoms with van der Waals surface area (Å²) in [6.45, 7) is 9.66. The molecule has 1 aromatic heterocycles. The highest BCUT2D eigenvalue weighted by molar-refractivity contribution is 5.95. The molecule has 2 heterocycles. The fraction of sp³-hybridized carbons (Fsp3) is 0.542. The number of carbonyl (C=O) groups excluding carboxylic acids is 2. The molecule has 0 bridgehead atoms. The molecule has 0 spiro atoms. The van der Waals surface area contributed by atoms with Crippen LogP contribution in [0, 0.1) is 6.92 Å². The van der Waals surface area contributed by atoms with Crippen molar-refractivity contribution in [2.45, 2.75) is 52.1 Å². The standard InChI is InChI=1S/C24H34N4O4/c1-17-6-8-19(9-7-17)28-21(20(16-26-28)22(29)25-12-15-31-5)18-10-13-27(14-11-18)23(30)32-24(2,3)4/h6-9,16,18H,10-15H2,1-5H3,(H,25,29). The lowest BCUT2D eigenvalue weighted by molar-refractivity contribution is 0.0203. The van der Waals surface area contributed by atoms with Gasteiger partial charge < -0.3 is 19.7 Å². The van der Waals surface area contributed by atoms with Gasteiger partial charge in [-0.2, -0.15) is 5.10 Å². The van der Waals surface area contributed by atoms with Gasteiger partial charge in [0, 0.05) is 32.7 Å². The summed E-state index contributed by atoms with van der Waals surface area (Å²) < 4.78 is 12.4. The van der Waals surface area contributed by atoms with Gasteiger partial charge in [0.05, 0.1) is 29.7 Å². The summed E-state index contributed by atoms with van der Waals surface area (Å²) in [7, 11) is 1.60. The number of methoxy groups -OCH3 is 1. The number of carbonyl (C=O) groups is 2. The quantitative estimate of drug-likeness (QED) is 0.690. The fourth-order valence-electron chi connectivity index (χ4n) is 3.84. The van der Waals surface area contributed by atoms with Gasteiger partial charge in [-0.3, -0.25) is 4.79 Å². The zero-order valence-corrected chi connectivity index (χ0v) is 19.7. The van der Waals surface area contributed by atoms with E-state index in [-0.39, 0.29) is 17.9 Å². The molecule has 0 unspecified atom stereocenters. The number of likely N-dealkylation sites (tertiary alicyclic amines) is 1. The predicted molar refractivity (Wildman–Crippen MR) is 122 cm³/mol. The van der Waals surface area contributed by atoms with E-state index in [1.807, 2.05) is 56.6 Å². The van der Waals surface area contributed by atoms with E-state index in [1.54, 1.807) is 18.2 Å². The maximum Gasteiger partial charge on any atom is 0.410 e.